The van der Waals surface area contributed by atoms with Crippen molar-refractivity contribution in [2.45, 2.75) is 94.2 Å². The van der Waals surface area contributed by atoms with Crippen molar-refractivity contribution in [2.24, 2.45) is 5.92 Å². The molecule has 1 saturated carbocycles. The Morgan fingerprint density at radius 1 is 1.05 bits per heavy atom. The monoisotopic (exact) mass is 590 g/mol. The van der Waals surface area contributed by atoms with E-state index in [0.717, 1.165) is 68.3 Å². The summed E-state index contributed by atoms with van der Waals surface area (Å²) < 4.78 is 44.4. The lowest BCUT2D eigenvalue weighted by Gasteiger charge is -2.54. The molecule has 0 aromatic carbocycles. The van der Waals surface area contributed by atoms with Gasteiger partial charge in [-0.1, -0.05) is 38.5 Å². The first kappa shape index (κ1) is 29.2. The van der Waals surface area contributed by atoms with Crippen LogP contribution in [0.3, 0.4) is 0 Å². The van der Waals surface area contributed by atoms with Crippen LogP contribution >= 0.6 is 0 Å². The van der Waals surface area contributed by atoms with Crippen molar-refractivity contribution in [3.8, 4) is 0 Å². The van der Waals surface area contributed by atoms with Crippen molar-refractivity contribution in [1.82, 2.24) is 35.0 Å². The first-order chi connectivity index (χ1) is 20.3. The number of rotatable bonds is 4. The number of carbonyl (C=O) groups is 2. The van der Waals surface area contributed by atoms with Gasteiger partial charge in [0.2, 0.25) is 5.91 Å². The molecule has 1 spiro atoms. The number of fused-ring (bicyclic) bond motifs is 1. The topological polar surface area (TPSA) is 121 Å². The zero-order valence-electron chi connectivity index (χ0n) is 23.9. The predicted octanol–water partition coefficient (Wildman–Crippen LogP) is 2.62. The molecule has 6 rings (SSSR count). The number of amides is 2. The summed E-state index contributed by atoms with van der Waals surface area (Å²) in [5.74, 6) is -1.43. The highest BCUT2D eigenvalue weighted by molar-refractivity contribution is 6.04. The molecule has 13 heteroatoms. The van der Waals surface area contributed by atoms with Crippen LogP contribution in [0.25, 0.3) is 5.65 Å². The largest absolute Gasteiger partial charge is 0.381 e. The first-order valence-electron chi connectivity index (χ1n) is 15.4. The lowest BCUT2D eigenvalue weighted by molar-refractivity contribution is -0.144. The van der Waals surface area contributed by atoms with Crippen LogP contribution in [0, 0.1) is 11.7 Å². The third-order valence-corrected chi connectivity index (χ3v) is 9.88. The third-order valence-electron chi connectivity index (χ3n) is 9.88. The molecule has 10 nitrogen and oxygen atoms in total. The van der Waals surface area contributed by atoms with E-state index in [4.69, 9.17) is 5.73 Å². The number of hydrogen-bond acceptors (Lipinski definition) is 7. The fraction of sp³-hybridized carbons (Fsp3) is 0.724. The van der Waals surface area contributed by atoms with Crippen molar-refractivity contribution in [3.63, 3.8) is 0 Å². The molecule has 0 radical (unpaired) electrons. The second-order valence-corrected chi connectivity index (χ2v) is 12.6. The number of hydrogen-bond donors (Lipinski definition) is 3. The zero-order chi connectivity index (χ0) is 29.4. The molecule has 42 heavy (non-hydrogen) atoms. The second-order valence-electron chi connectivity index (χ2n) is 12.6. The van der Waals surface area contributed by atoms with E-state index < -0.39 is 41.7 Å². The average Bonchev–Trinajstić information content (AvgIpc) is 3.34. The van der Waals surface area contributed by atoms with Crippen LogP contribution in [-0.4, -0.2) is 98.9 Å². The van der Waals surface area contributed by atoms with Crippen LogP contribution in [0.4, 0.5) is 19.0 Å². The molecule has 3 aliphatic heterocycles. The smallest absolute Gasteiger partial charge is 0.259 e. The molecule has 3 atom stereocenters. The number of carbonyl (C=O) groups excluding carboxylic acids is 2. The number of alkyl halides is 2. The molecule has 4 fully saturated rings. The molecule has 3 unspecified atom stereocenters. The van der Waals surface area contributed by atoms with E-state index in [1.807, 2.05) is 0 Å². The van der Waals surface area contributed by atoms with Gasteiger partial charge in [-0.3, -0.25) is 14.5 Å². The number of nitrogens with two attached hydrogens (primary N) is 1. The van der Waals surface area contributed by atoms with Crippen LogP contribution in [0.15, 0.2) is 12.4 Å². The SMILES string of the molecule is Nc1nn2cc(F)cnc2c1C(=O)NC1C(N2CCC(C(=O)N3CC(F)C3)CC2)C(F)CNC12CCCCCCCC2. The summed E-state index contributed by atoms with van der Waals surface area (Å²) in [6, 6.07) is -1.20. The maximum absolute atomic E-state index is 16.1. The lowest BCUT2D eigenvalue weighted by Crippen LogP contribution is -2.75. The van der Waals surface area contributed by atoms with Crippen LogP contribution < -0.4 is 16.4 Å². The maximum Gasteiger partial charge on any atom is 0.259 e. The van der Waals surface area contributed by atoms with E-state index >= 15 is 4.39 Å². The van der Waals surface area contributed by atoms with Crippen molar-refractivity contribution in [1.29, 1.82) is 0 Å². The Morgan fingerprint density at radius 3 is 2.38 bits per heavy atom. The summed E-state index contributed by atoms with van der Waals surface area (Å²) >= 11 is 0. The molecule has 0 bridgehead atoms. The van der Waals surface area contributed by atoms with Gasteiger partial charge in [-0.05, 0) is 38.8 Å². The molecule has 3 saturated heterocycles. The normalized spacial score (nSPS) is 28.2. The summed E-state index contributed by atoms with van der Waals surface area (Å²) in [5, 5.41) is 10.8. The Kier molecular flexibility index (Phi) is 8.32. The lowest BCUT2D eigenvalue weighted by atomic mass is 9.72. The van der Waals surface area contributed by atoms with Crippen LogP contribution in [-0.2, 0) is 4.79 Å². The summed E-state index contributed by atoms with van der Waals surface area (Å²) in [6.45, 7) is 1.52. The molecular formula is C29H41F3N8O2. The van der Waals surface area contributed by atoms with Crippen LogP contribution in [0.2, 0.25) is 0 Å². The Bertz CT molecular complexity index is 1280. The number of nitrogen functional groups attached to an aromatic ring is 1. The number of nitrogens with zero attached hydrogens (tertiary/aromatic N) is 5. The summed E-state index contributed by atoms with van der Waals surface area (Å²) in [4.78, 5) is 34.5. The first-order valence-corrected chi connectivity index (χ1v) is 15.4. The minimum atomic E-state index is -1.25. The molecule has 5 heterocycles. The molecule has 230 valence electrons. The van der Waals surface area contributed by atoms with Crippen molar-refractivity contribution < 1.29 is 22.8 Å². The standard InChI is InChI=1S/C29H41F3N8O2/c30-19-13-34-26-22(25(33)37-40(26)17-19)27(41)36-24-23(21(32)14-35-29(24)9-5-3-1-2-4-6-10-29)38-11-7-18(8-12-38)28(42)39-15-20(31)16-39/h13,17-18,20-21,23-24,35H,1-12,14-16H2,(H2,33,37)(H,36,41). The highest BCUT2D eigenvalue weighted by atomic mass is 19.1. The Balaban J connectivity index is 1.28. The van der Waals surface area contributed by atoms with E-state index in [1.165, 1.54) is 0 Å². The number of anilines is 1. The van der Waals surface area contributed by atoms with Crippen molar-refractivity contribution in [2.75, 3.05) is 38.5 Å². The van der Waals surface area contributed by atoms with Gasteiger partial charge in [-0.25, -0.2) is 22.7 Å². The number of piperidine rings is 2. The van der Waals surface area contributed by atoms with Gasteiger partial charge >= 0.3 is 0 Å². The fourth-order valence-corrected chi connectivity index (χ4v) is 7.60. The van der Waals surface area contributed by atoms with E-state index in [9.17, 15) is 18.4 Å². The number of halogens is 3. The summed E-state index contributed by atoms with van der Waals surface area (Å²) in [7, 11) is 0. The van der Waals surface area contributed by atoms with Gasteiger partial charge in [0.1, 0.15) is 17.9 Å². The summed E-state index contributed by atoms with van der Waals surface area (Å²) in [5.41, 5.74) is 5.78. The molecular weight excluding hydrogens is 549 g/mol. The molecule has 2 aromatic rings. The third kappa shape index (κ3) is 5.57. The predicted molar refractivity (Wildman–Crippen MR) is 151 cm³/mol. The minimum Gasteiger partial charge on any atom is -0.381 e. The van der Waals surface area contributed by atoms with Crippen LogP contribution in [0.1, 0.15) is 74.6 Å². The minimum absolute atomic E-state index is 0.0178. The van der Waals surface area contributed by atoms with Crippen molar-refractivity contribution in [3.05, 3.63) is 23.8 Å². The Labute approximate surface area is 243 Å². The molecule has 4 aliphatic rings. The number of likely N-dealkylation sites (tertiary alicyclic amines) is 2. The second kappa shape index (κ2) is 12.0. The fourth-order valence-electron chi connectivity index (χ4n) is 7.60. The van der Waals surface area contributed by atoms with Crippen LogP contribution in [0.5, 0.6) is 0 Å². The molecule has 1 aliphatic carbocycles. The van der Waals surface area contributed by atoms with E-state index in [-0.39, 0.29) is 48.5 Å². The van der Waals surface area contributed by atoms with Gasteiger partial charge in [0.05, 0.1) is 37.6 Å². The Hall–Kier alpha value is -2.93. The van der Waals surface area contributed by atoms with E-state index in [0.29, 0.717) is 25.9 Å². The van der Waals surface area contributed by atoms with Crippen molar-refractivity contribution >= 4 is 23.3 Å². The highest BCUT2D eigenvalue weighted by Gasteiger charge is 2.52. The van der Waals surface area contributed by atoms with Gasteiger partial charge < -0.3 is 21.3 Å². The van der Waals surface area contributed by atoms with Gasteiger partial charge in [-0.15, -0.1) is 5.10 Å². The number of nitrogens with one attached hydrogen (secondary N) is 2. The van der Waals surface area contributed by atoms with Gasteiger partial charge in [0.15, 0.2) is 17.3 Å². The van der Waals surface area contributed by atoms with Gasteiger partial charge in [0.25, 0.3) is 5.91 Å². The van der Waals surface area contributed by atoms with E-state index in [1.54, 1.807) is 4.90 Å². The van der Waals surface area contributed by atoms with Gasteiger partial charge in [-0.2, -0.15) is 0 Å². The quantitative estimate of drug-likeness (QED) is 0.501. The molecule has 4 N–H and O–H groups in total. The summed E-state index contributed by atoms with van der Waals surface area (Å²) in [6.07, 6.45) is 9.03. The Morgan fingerprint density at radius 2 is 1.71 bits per heavy atom. The van der Waals surface area contributed by atoms with Gasteiger partial charge in [0, 0.05) is 18.0 Å². The zero-order valence-corrected chi connectivity index (χ0v) is 23.9. The molecule has 2 aromatic heterocycles. The average molecular weight is 591 g/mol. The molecule has 2 amide bonds. The highest BCUT2D eigenvalue weighted by Crippen LogP contribution is 2.38. The maximum atomic E-state index is 16.1. The van der Waals surface area contributed by atoms with E-state index in [2.05, 4.69) is 25.6 Å². The number of aromatic nitrogens is 3.